The van der Waals surface area contributed by atoms with Crippen LogP contribution in [0, 0.1) is 0 Å². The Morgan fingerprint density at radius 1 is 1.36 bits per heavy atom. The van der Waals surface area contributed by atoms with Gasteiger partial charge in [0.25, 0.3) is 0 Å². The molecule has 0 radical (unpaired) electrons. The van der Waals surface area contributed by atoms with E-state index < -0.39 is 22.8 Å². The average molecular weight is 385 g/mol. The van der Waals surface area contributed by atoms with Crippen LogP contribution in [0.1, 0.15) is 18.2 Å². The Bertz CT molecular complexity index is 828. The maximum absolute atomic E-state index is 11.9. The monoisotopic (exact) mass is 384 g/mol. The molecule has 11 heteroatoms. The van der Waals surface area contributed by atoms with Crippen molar-refractivity contribution in [2.45, 2.75) is 41.7 Å². The normalized spacial score (nSPS) is 29.1. The van der Waals surface area contributed by atoms with E-state index in [0.717, 1.165) is 24.6 Å². The van der Waals surface area contributed by atoms with Crippen LogP contribution in [0.15, 0.2) is 6.33 Å². The Hall–Kier alpha value is -1.62. The molecule has 1 saturated carbocycles. The van der Waals surface area contributed by atoms with Crippen molar-refractivity contribution in [2.24, 2.45) is 0 Å². The molecule has 9 nitrogen and oxygen atoms in total. The largest absolute Gasteiger partial charge is 0.389 e. The molecular formula is C14H17ClN6O3S. The average Bonchev–Trinajstić information content (AvgIpc) is 3.23. The first-order valence-electron chi connectivity index (χ1n) is 7.89. The van der Waals surface area contributed by atoms with Gasteiger partial charge >= 0.3 is 0 Å². The highest BCUT2D eigenvalue weighted by atomic mass is 35.5. The highest BCUT2D eigenvalue weighted by molar-refractivity contribution is 8.01. The molecule has 1 amide bonds. The summed E-state index contributed by atoms with van der Waals surface area (Å²) in [5, 5.41) is 25.1. The minimum absolute atomic E-state index is 0.0679. The summed E-state index contributed by atoms with van der Waals surface area (Å²) in [6, 6.07) is 0.366. The molecule has 25 heavy (non-hydrogen) atoms. The predicted octanol–water partition coefficient (Wildman–Crippen LogP) is 0.136. The van der Waals surface area contributed by atoms with Crippen LogP contribution in [-0.2, 0) is 4.79 Å². The third kappa shape index (κ3) is 2.92. The summed E-state index contributed by atoms with van der Waals surface area (Å²) in [7, 11) is 1.49. The first-order chi connectivity index (χ1) is 12.0. The summed E-state index contributed by atoms with van der Waals surface area (Å²) < 4.78 is 1.63. The number of aliphatic hydroxyl groups excluding tert-OH is 2. The topological polar surface area (TPSA) is 125 Å². The number of nitrogens with one attached hydrogen (secondary N) is 2. The summed E-state index contributed by atoms with van der Waals surface area (Å²) in [4.78, 5) is 24.7. The van der Waals surface area contributed by atoms with Gasteiger partial charge in [0.2, 0.25) is 11.2 Å². The zero-order valence-corrected chi connectivity index (χ0v) is 14.8. The van der Waals surface area contributed by atoms with Crippen molar-refractivity contribution in [3.05, 3.63) is 11.6 Å². The standard InChI is InChI=1S/C14H17ClN6O3S/c1-16-12(24)9-7(22)8(23)13(25-9)21-4-17-6-10(18-5-2-3-5)19-14(15)20-11(6)21/h4-5,7-9,13,22-23H,2-3H2,1H3,(H,16,24)(H,18,19,20)/t7?,8?,9-,13+/m0/s1. The fraction of sp³-hybridized carbons (Fsp3) is 0.571. The highest BCUT2D eigenvalue weighted by Crippen LogP contribution is 2.43. The van der Waals surface area contributed by atoms with Crippen molar-refractivity contribution in [2.75, 3.05) is 12.4 Å². The first kappa shape index (κ1) is 16.8. The Morgan fingerprint density at radius 2 is 2.12 bits per heavy atom. The summed E-state index contributed by atoms with van der Waals surface area (Å²) in [5.41, 5.74) is 0.992. The van der Waals surface area contributed by atoms with Crippen LogP contribution in [0.25, 0.3) is 11.2 Å². The number of imidazole rings is 1. The maximum atomic E-state index is 11.9. The number of hydrogen-bond acceptors (Lipinski definition) is 8. The molecule has 0 spiro atoms. The second-order valence-corrected chi connectivity index (χ2v) is 7.73. The molecule has 1 aliphatic heterocycles. The third-order valence-corrected chi connectivity index (χ3v) is 6.07. The van der Waals surface area contributed by atoms with E-state index in [9.17, 15) is 15.0 Å². The van der Waals surface area contributed by atoms with Crippen LogP contribution in [0.4, 0.5) is 5.82 Å². The number of aliphatic hydroxyl groups is 2. The Morgan fingerprint density at radius 3 is 2.80 bits per heavy atom. The molecule has 1 saturated heterocycles. The summed E-state index contributed by atoms with van der Waals surface area (Å²) in [6.07, 6.45) is 1.34. The van der Waals surface area contributed by atoms with Gasteiger partial charge in [0.05, 0.1) is 6.33 Å². The molecular weight excluding hydrogens is 368 g/mol. The maximum Gasteiger partial charge on any atom is 0.235 e. The van der Waals surface area contributed by atoms with Gasteiger partial charge in [-0.15, -0.1) is 11.8 Å². The van der Waals surface area contributed by atoms with E-state index in [2.05, 4.69) is 25.6 Å². The van der Waals surface area contributed by atoms with Crippen LogP contribution in [0.3, 0.4) is 0 Å². The number of halogens is 1. The number of fused-ring (bicyclic) bond motifs is 1. The number of aromatic nitrogens is 4. The van der Waals surface area contributed by atoms with Crippen molar-refractivity contribution in [3.8, 4) is 0 Å². The number of anilines is 1. The lowest BCUT2D eigenvalue weighted by Crippen LogP contribution is -2.39. The van der Waals surface area contributed by atoms with Crippen LogP contribution >= 0.6 is 23.4 Å². The van der Waals surface area contributed by atoms with Crippen LogP contribution in [0.2, 0.25) is 5.28 Å². The lowest BCUT2D eigenvalue weighted by molar-refractivity contribution is -0.122. The van der Waals surface area contributed by atoms with Gasteiger partial charge in [-0.2, -0.15) is 9.97 Å². The van der Waals surface area contributed by atoms with Crippen molar-refractivity contribution in [1.29, 1.82) is 0 Å². The molecule has 2 aliphatic rings. The zero-order valence-electron chi connectivity index (χ0n) is 13.3. The first-order valence-corrected chi connectivity index (χ1v) is 9.21. The van der Waals surface area contributed by atoms with Gasteiger partial charge in [0.15, 0.2) is 17.0 Å². The van der Waals surface area contributed by atoms with E-state index in [0.29, 0.717) is 23.0 Å². The second kappa shape index (κ2) is 6.27. The molecule has 2 unspecified atom stereocenters. The number of carbonyl (C=O) groups excluding carboxylic acids is 1. The molecule has 2 fully saturated rings. The van der Waals surface area contributed by atoms with Gasteiger partial charge in [-0.25, -0.2) is 4.98 Å². The predicted molar refractivity (Wildman–Crippen MR) is 93.5 cm³/mol. The number of nitrogens with zero attached hydrogens (tertiary/aromatic N) is 4. The van der Waals surface area contributed by atoms with E-state index in [-0.39, 0.29) is 11.2 Å². The molecule has 0 bridgehead atoms. The van der Waals surface area contributed by atoms with E-state index in [4.69, 9.17) is 11.6 Å². The van der Waals surface area contributed by atoms with E-state index in [1.165, 1.54) is 13.4 Å². The Labute approximate surface area is 152 Å². The highest BCUT2D eigenvalue weighted by Gasteiger charge is 2.47. The minimum atomic E-state index is -1.19. The van der Waals surface area contributed by atoms with Crippen LogP contribution in [-0.4, -0.2) is 66.2 Å². The number of rotatable bonds is 4. The Balaban J connectivity index is 1.72. The summed E-state index contributed by atoms with van der Waals surface area (Å²) in [6.45, 7) is 0. The van der Waals surface area contributed by atoms with Crippen LogP contribution < -0.4 is 10.6 Å². The van der Waals surface area contributed by atoms with E-state index >= 15 is 0 Å². The molecule has 1 aliphatic carbocycles. The van der Waals surface area contributed by atoms with Gasteiger partial charge in [-0.1, -0.05) is 0 Å². The molecule has 2 aromatic heterocycles. The summed E-state index contributed by atoms with van der Waals surface area (Å²) in [5.74, 6) is 0.212. The fourth-order valence-corrected chi connectivity index (χ4v) is 4.48. The molecule has 0 aromatic carbocycles. The van der Waals surface area contributed by atoms with Crippen LogP contribution in [0.5, 0.6) is 0 Å². The molecule has 4 rings (SSSR count). The van der Waals surface area contributed by atoms with Crippen molar-refractivity contribution >= 4 is 46.3 Å². The summed E-state index contributed by atoms with van der Waals surface area (Å²) >= 11 is 7.20. The third-order valence-electron chi connectivity index (χ3n) is 4.33. The molecule has 3 heterocycles. The lowest BCUT2D eigenvalue weighted by atomic mass is 10.1. The van der Waals surface area contributed by atoms with Gasteiger partial charge < -0.3 is 20.8 Å². The number of carbonyl (C=O) groups is 1. The number of amides is 1. The molecule has 4 atom stereocenters. The minimum Gasteiger partial charge on any atom is -0.389 e. The Kier molecular flexibility index (Phi) is 4.22. The van der Waals surface area contributed by atoms with Gasteiger partial charge in [0.1, 0.15) is 22.8 Å². The van der Waals surface area contributed by atoms with Gasteiger partial charge in [0, 0.05) is 13.1 Å². The van der Waals surface area contributed by atoms with Crippen molar-refractivity contribution < 1.29 is 15.0 Å². The fourth-order valence-electron chi connectivity index (χ4n) is 2.85. The zero-order chi connectivity index (χ0) is 17.7. The quantitative estimate of drug-likeness (QED) is 0.548. The van der Waals surface area contributed by atoms with Gasteiger partial charge in [-0.05, 0) is 24.4 Å². The molecule has 2 aromatic rings. The number of hydrogen-bond donors (Lipinski definition) is 4. The smallest absolute Gasteiger partial charge is 0.235 e. The van der Waals surface area contributed by atoms with Crippen molar-refractivity contribution in [1.82, 2.24) is 24.8 Å². The molecule has 134 valence electrons. The SMILES string of the molecule is CNC(=O)[C@H]1S[C@@H](n2cnc3c(NC4CC4)nc(Cl)nc32)C(O)C1O. The lowest BCUT2D eigenvalue weighted by Gasteiger charge is -2.17. The molecule has 4 N–H and O–H groups in total. The van der Waals surface area contributed by atoms with Gasteiger partial charge in [-0.3, -0.25) is 9.36 Å². The van der Waals surface area contributed by atoms with E-state index in [1.54, 1.807) is 4.57 Å². The second-order valence-electron chi connectivity index (χ2n) is 6.13. The van der Waals surface area contributed by atoms with E-state index in [1.807, 2.05) is 0 Å². The number of thioether (sulfide) groups is 1. The van der Waals surface area contributed by atoms with Crippen molar-refractivity contribution in [3.63, 3.8) is 0 Å².